The van der Waals surface area contributed by atoms with Crippen LogP contribution in [0.1, 0.15) is 13.3 Å². The van der Waals surface area contributed by atoms with Crippen molar-refractivity contribution in [2.45, 2.75) is 13.3 Å². The Morgan fingerprint density at radius 2 is 1.39 bits per heavy atom. The normalized spacial score (nSPS) is 9.78. The minimum Gasteiger partial charge on any atom is -0.396 e. The first-order chi connectivity index (χ1) is 8.44. The molecule has 104 valence electrons. The third-order valence-electron chi connectivity index (χ3n) is 2.29. The summed E-state index contributed by atoms with van der Waals surface area (Å²) in [5.41, 5.74) is -0.667. The van der Waals surface area contributed by atoms with E-state index in [4.69, 9.17) is 15.3 Å². The molecule has 18 heavy (non-hydrogen) atoms. The van der Waals surface area contributed by atoms with E-state index < -0.39 is 17.4 Å². The lowest BCUT2D eigenvalue weighted by Gasteiger charge is -2.24. The zero-order valence-corrected chi connectivity index (χ0v) is 10.5. The Kier molecular flexibility index (Phi) is 11.1. The van der Waals surface area contributed by atoms with Crippen LogP contribution in [0.3, 0.4) is 0 Å². The van der Waals surface area contributed by atoms with E-state index in [1.165, 1.54) is 0 Å². The van der Waals surface area contributed by atoms with Crippen molar-refractivity contribution in [3.05, 3.63) is 25.3 Å². The molecule has 0 atom stereocenters. The van der Waals surface area contributed by atoms with E-state index in [1.54, 1.807) is 0 Å². The van der Waals surface area contributed by atoms with Gasteiger partial charge in [0.2, 0.25) is 0 Å². The molecule has 0 aliphatic carbocycles. The average Bonchev–Trinajstić information content (AvgIpc) is 2.42. The summed E-state index contributed by atoms with van der Waals surface area (Å²) in [7, 11) is 0. The average molecular weight is 260 g/mol. The maximum absolute atomic E-state index is 10.2. The first kappa shape index (κ1) is 18.9. The van der Waals surface area contributed by atoms with Gasteiger partial charge in [-0.05, 0) is 6.42 Å². The van der Waals surface area contributed by atoms with Crippen LogP contribution >= 0.6 is 0 Å². The Hall–Kier alpha value is -1.50. The number of ether oxygens (including phenoxy) is 1. The number of aliphatic hydroxyl groups excluding tert-OH is 3. The summed E-state index contributed by atoms with van der Waals surface area (Å²) in [4.78, 5) is 20.3. The number of carbonyl (C=O) groups is 2. The second kappa shape index (κ2) is 10.6. The fourth-order valence-corrected chi connectivity index (χ4v) is 0.668. The molecule has 0 aromatic carbocycles. The van der Waals surface area contributed by atoms with E-state index in [0.29, 0.717) is 6.42 Å². The van der Waals surface area contributed by atoms with E-state index in [-0.39, 0.29) is 19.8 Å². The van der Waals surface area contributed by atoms with E-state index in [9.17, 15) is 9.59 Å². The lowest BCUT2D eigenvalue weighted by atomic mass is 9.88. The van der Waals surface area contributed by atoms with E-state index in [0.717, 1.165) is 12.2 Å². The monoisotopic (exact) mass is 260 g/mol. The van der Waals surface area contributed by atoms with E-state index in [2.05, 4.69) is 17.9 Å². The van der Waals surface area contributed by atoms with Crippen molar-refractivity contribution in [3.63, 3.8) is 0 Å². The van der Waals surface area contributed by atoms with Gasteiger partial charge in [0, 0.05) is 17.6 Å². The fourth-order valence-electron chi connectivity index (χ4n) is 0.668. The molecule has 0 rings (SSSR count). The highest BCUT2D eigenvalue weighted by atomic mass is 16.6. The Morgan fingerprint density at radius 1 is 1.06 bits per heavy atom. The van der Waals surface area contributed by atoms with Crippen LogP contribution in [0.25, 0.3) is 0 Å². The Labute approximate surface area is 106 Å². The highest BCUT2D eigenvalue weighted by Crippen LogP contribution is 2.18. The lowest BCUT2D eigenvalue weighted by molar-refractivity contribution is -0.152. The summed E-state index contributed by atoms with van der Waals surface area (Å²) in [5.74, 6) is -1.53. The molecule has 0 unspecified atom stereocenters. The van der Waals surface area contributed by atoms with Crippen LogP contribution in [0.15, 0.2) is 25.3 Å². The van der Waals surface area contributed by atoms with Gasteiger partial charge in [-0.3, -0.25) is 0 Å². The van der Waals surface area contributed by atoms with Gasteiger partial charge in [-0.1, -0.05) is 20.1 Å². The molecule has 0 amide bonds. The summed E-state index contributed by atoms with van der Waals surface area (Å²) in [6.07, 6.45) is 2.40. The first-order valence-corrected chi connectivity index (χ1v) is 5.28. The minimum atomic E-state index is -0.764. The number of carbonyl (C=O) groups excluding carboxylic acids is 2. The fraction of sp³-hybridized carbons (Fsp3) is 0.500. The van der Waals surface area contributed by atoms with Gasteiger partial charge < -0.3 is 20.1 Å². The molecule has 0 spiro atoms. The van der Waals surface area contributed by atoms with E-state index >= 15 is 0 Å². The lowest BCUT2D eigenvalue weighted by Crippen LogP contribution is -2.32. The predicted octanol–water partition coefficient (Wildman–Crippen LogP) is -0.212. The molecular weight excluding hydrogens is 240 g/mol. The van der Waals surface area contributed by atoms with Crippen LogP contribution in [0.4, 0.5) is 0 Å². The SMILES string of the molecule is C=CC(=O)OC(=O)C=C.CCC(CO)(CO)CO. The number of aliphatic hydroxyl groups is 3. The van der Waals surface area contributed by atoms with Gasteiger partial charge in [-0.25, -0.2) is 9.59 Å². The van der Waals surface area contributed by atoms with Gasteiger partial charge in [0.05, 0.1) is 19.8 Å². The molecule has 3 N–H and O–H groups in total. The molecular formula is C12H20O6. The van der Waals surface area contributed by atoms with Crippen molar-refractivity contribution in [2.75, 3.05) is 19.8 Å². The van der Waals surface area contributed by atoms with Crippen molar-refractivity contribution < 1.29 is 29.6 Å². The van der Waals surface area contributed by atoms with Gasteiger partial charge in [-0.15, -0.1) is 0 Å². The molecule has 0 aliphatic rings. The molecule has 0 aliphatic heterocycles. The largest absolute Gasteiger partial charge is 0.396 e. The third-order valence-corrected chi connectivity index (χ3v) is 2.29. The van der Waals surface area contributed by atoms with Crippen molar-refractivity contribution in [1.29, 1.82) is 0 Å². The van der Waals surface area contributed by atoms with Gasteiger partial charge in [0.15, 0.2) is 0 Å². The summed E-state index contributed by atoms with van der Waals surface area (Å²) in [6.45, 7) is 7.53. The molecule has 6 nitrogen and oxygen atoms in total. The predicted molar refractivity (Wildman–Crippen MR) is 65.5 cm³/mol. The Bertz CT molecular complexity index is 245. The molecule has 0 heterocycles. The molecule has 0 saturated carbocycles. The van der Waals surface area contributed by atoms with Crippen LogP contribution in [-0.2, 0) is 14.3 Å². The number of esters is 2. The Morgan fingerprint density at radius 3 is 1.50 bits per heavy atom. The van der Waals surface area contributed by atoms with Crippen LogP contribution in [0.2, 0.25) is 0 Å². The van der Waals surface area contributed by atoms with E-state index in [1.807, 2.05) is 6.92 Å². The minimum absolute atomic E-state index is 0.156. The van der Waals surface area contributed by atoms with Crippen LogP contribution in [0, 0.1) is 5.41 Å². The van der Waals surface area contributed by atoms with Crippen molar-refractivity contribution in [3.8, 4) is 0 Å². The smallest absolute Gasteiger partial charge is 0.338 e. The number of hydrogen-bond donors (Lipinski definition) is 3. The Balaban J connectivity index is 0. The quantitative estimate of drug-likeness (QED) is 0.347. The highest BCUT2D eigenvalue weighted by molar-refractivity contribution is 5.95. The van der Waals surface area contributed by atoms with Gasteiger partial charge in [0.1, 0.15) is 0 Å². The van der Waals surface area contributed by atoms with Gasteiger partial charge in [-0.2, -0.15) is 0 Å². The zero-order valence-electron chi connectivity index (χ0n) is 10.5. The number of hydrogen-bond acceptors (Lipinski definition) is 6. The molecule has 0 radical (unpaired) electrons. The molecule has 0 aromatic rings. The summed E-state index contributed by atoms with van der Waals surface area (Å²) >= 11 is 0. The van der Waals surface area contributed by atoms with Gasteiger partial charge in [0.25, 0.3) is 0 Å². The van der Waals surface area contributed by atoms with Crippen LogP contribution in [0.5, 0.6) is 0 Å². The molecule has 0 aromatic heterocycles. The number of rotatable bonds is 6. The maximum Gasteiger partial charge on any atom is 0.338 e. The van der Waals surface area contributed by atoms with Crippen LogP contribution in [-0.4, -0.2) is 47.1 Å². The maximum atomic E-state index is 10.2. The van der Waals surface area contributed by atoms with Crippen molar-refractivity contribution >= 4 is 11.9 Å². The summed E-state index contributed by atoms with van der Waals surface area (Å²) in [5, 5.41) is 26.0. The standard InChI is InChI=1S/C6H6O3.C6H14O3/c1-3-5(7)9-6(8)4-2;1-2-6(3-7,4-8)5-9/h3-4H,1-2H2;7-9H,2-5H2,1H3. The van der Waals surface area contributed by atoms with Crippen molar-refractivity contribution in [1.82, 2.24) is 0 Å². The molecule has 0 fully saturated rings. The third kappa shape index (κ3) is 7.72. The van der Waals surface area contributed by atoms with Crippen LogP contribution < -0.4 is 0 Å². The van der Waals surface area contributed by atoms with Crippen molar-refractivity contribution in [2.24, 2.45) is 5.41 Å². The molecule has 0 saturated heterocycles. The summed E-state index contributed by atoms with van der Waals surface area (Å²) in [6, 6.07) is 0. The second-order valence-electron chi connectivity index (χ2n) is 3.48. The second-order valence-corrected chi connectivity index (χ2v) is 3.48. The van der Waals surface area contributed by atoms with Gasteiger partial charge >= 0.3 is 11.9 Å². The molecule has 0 bridgehead atoms. The molecule has 6 heteroatoms. The summed E-state index contributed by atoms with van der Waals surface area (Å²) < 4.78 is 4.03. The zero-order chi connectivity index (χ0) is 14.6. The highest BCUT2D eigenvalue weighted by Gasteiger charge is 2.24. The first-order valence-electron chi connectivity index (χ1n) is 5.28. The topological polar surface area (TPSA) is 104 Å².